The van der Waals surface area contributed by atoms with Crippen LogP contribution in [0.5, 0.6) is 0 Å². The van der Waals surface area contributed by atoms with Crippen LogP contribution < -0.4 is 0 Å². The summed E-state index contributed by atoms with van der Waals surface area (Å²) >= 11 is 0. The van der Waals surface area contributed by atoms with Crippen molar-refractivity contribution in [3.05, 3.63) is 12.7 Å². The van der Waals surface area contributed by atoms with Crippen LogP contribution in [0.3, 0.4) is 0 Å². The Kier molecular flexibility index (Phi) is 1.66. The summed E-state index contributed by atoms with van der Waals surface area (Å²) in [4.78, 5) is 0. The van der Waals surface area contributed by atoms with Gasteiger partial charge in [-0.3, -0.25) is 0 Å². The van der Waals surface area contributed by atoms with Crippen molar-refractivity contribution < 1.29 is 8.78 Å². The lowest BCUT2D eigenvalue weighted by molar-refractivity contribution is 0.162. The lowest BCUT2D eigenvalue weighted by Crippen LogP contribution is -1.94. The molecule has 3 heteroatoms. The third-order valence-corrected chi connectivity index (χ3v) is 0.508. The molecule has 0 aromatic carbocycles. The Morgan fingerprint density at radius 3 is 1.83 bits per heavy atom. The van der Waals surface area contributed by atoms with Crippen molar-refractivity contribution in [2.75, 3.05) is 0 Å². The molecular weight excluding hydrogens is 105 g/mol. The smallest absolute Gasteiger partial charge is 0.198 e. The van der Waals surface area contributed by atoms with Gasteiger partial charge in [-0.1, -0.05) is 15.8 Å². The summed E-state index contributed by atoms with van der Waals surface area (Å²) in [6.07, 6.45) is 0.567. The van der Waals surface area contributed by atoms with Gasteiger partial charge < -0.3 is 0 Å². The summed E-state index contributed by atoms with van der Waals surface area (Å²) in [7, 11) is 1.34. The molecule has 0 saturated heterocycles. The first-order valence-electron chi connectivity index (χ1n) is 1.36. The Morgan fingerprint density at radius 1 is 1.67 bits per heavy atom. The highest BCUT2D eigenvalue weighted by Gasteiger charge is 2.12. The van der Waals surface area contributed by atoms with Gasteiger partial charge in [0.05, 0.1) is 0 Å². The summed E-state index contributed by atoms with van der Waals surface area (Å²) in [6, 6.07) is 0. The minimum atomic E-state index is -2.78. The van der Waals surface area contributed by atoms with Gasteiger partial charge in [0.15, 0.2) is 0 Å². The van der Waals surface area contributed by atoms with E-state index in [1.807, 2.05) is 0 Å². The normalized spacial score (nSPS) is 11.2. The zero-order valence-electron chi connectivity index (χ0n) is 3.12. The van der Waals surface area contributed by atoms with Gasteiger partial charge in [0.2, 0.25) is 0 Å². The average molecular weight is 110 g/mol. The molecule has 0 spiro atoms. The first-order valence-corrected chi connectivity index (χ1v) is 1.94. The SMILES string of the molecule is C=CC(F)(F)P. The van der Waals surface area contributed by atoms with Crippen molar-refractivity contribution in [2.45, 2.75) is 5.66 Å². The minimum Gasteiger partial charge on any atom is -0.198 e. The maximum absolute atomic E-state index is 11.3. The predicted molar refractivity (Wildman–Crippen MR) is 24.9 cm³/mol. The van der Waals surface area contributed by atoms with E-state index in [0.29, 0.717) is 6.08 Å². The van der Waals surface area contributed by atoms with Crippen molar-refractivity contribution in [3.8, 4) is 0 Å². The summed E-state index contributed by atoms with van der Waals surface area (Å²) in [5, 5.41) is 0. The molecule has 0 N–H and O–H groups in total. The van der Waals surface area contributed by atoms with Gasteiger partial charge in [0, 0.05) is 0 Å². The average Bonchev–Trinajstić information content (AvgIpc) is 1.35. The Labute approximate surface area is 37.4 Å². The third-order valence-electron chi connectivity index (χ3n) is 0.272. The molecule has 0 aromatic rings. The molecule has 0 saturated carbocycles. The number of halogens is 2. The molecule has 1 unspecified atom stereocenters. The Morgan fingerprint density at radius 2 is 1.83 bits per heavy atom. The molecule has 6 heavy (non-hydrogen) atoms. The highest BCUT2D eigenvalue weighted by molar-refractivity contribution is 7.18. The topological polar surface area (TPSA) is 0 Å². The van der Waals surface area contributed by atoms with Gasteiger partial charge in [-0.05, 0) is 6.08 Å². The monoisotopic (exact) mass is 110 g/mol. The standard InChI is InChI=1S/C3H5F2P/c1-2-3(4,5)6/h2H,1,6H2. The molecule has 0 aliphatic carbocycles. The van der Waals surface area contributed by atoms with E-state index in [-0.39, 0.29) is 0 Å². The number of hydrogen-bond donors (Lipinski definition) is 0. The molecule has 0 aliphatic heterocycles. The molecule has 0 bridgehead atoms. The summed E-state index contributed by atoms with van der Waals surface area (Å²) in [5.41, 5.74) is -2.78. The second kappa shape index (κ2) is 1.65. The van der Waals surface area contributed by atoms with Crippen molar-refractivity contribution in [3.63, 3.8) is 0 Å². The second-order valence-electron chi connectivity index (χ2n) is 0.879. The molecule has 0 fully saturated rings. The van der Waals surface area contributed by atoms with Crippen LogP contribution in [0.15, 0.2) is 12.7 Å². The predicted octanol–water partition coefficient (Wildman–Crippen LogP) is 1.64. The van der Waals surface area contributed by atoms with Crippen LogP contribution >= 0.6 is 9.24 Å². The van der Waals surface area contributed by atoms with Crippen molar-refractivity contribution >= 4 is 9.24 Å². The van der Waals surface area contributed by atoms with E-state index in [4.69, 9.17) is 0 Å². The summed E-state index contributed by atoms with van der Waals surface area (Å²) < 4.78 is 22.6. The highest BCUT2D eigenvalue weighted by Crippen LogP contribution is 2.21. The maximum Gasteiger partial charge on any atom is 0.276 e. The second-order valence-corrected chi connectivity index (χ2v) is 1.65. The Hall–Kier alpha value is 0.0300. The first-order chi connectivity index (χ1) is 2.56. The first kappa shape index (κ1) is 6.03. The summed E-state index contributed by atoms with van der Waals surface area (Å²) in [6.45, 7) is 2.86. The molecule has 0 rings (SSSR count). The van der Waals surface area contributed by atoms with Crippen LogP contribution in [0.1, 0.15) is 0 Å². The lowest BCUT2D eigenvalue weighted by atomic mass is 10.7. The Bertz CT molecular complexity index is 54.3. The van der Waals surface area contributed by atoms with Crippen molar-refractivity contribution in [1.29, 1.82) is 0 Å². The van der Waals surface area contributed by atoms with E-state index in [2.05, 4.69) is 6.58 Å². The molecule has 0 aromatic heterocycles. The number of allylic oxidation sites excluding steroid dienone is 1. The van der Waals surface area contributed by atoms with Crippen molar-refractivity contribution in [1.82, 2.24) is 0 Å². The van der Waals surface area contributed by atoms with E-state index in [1.165, 1.54) is 9.24 Å². The fraction of sp³-hybridized carbons (Fsp3) is 0.333. The Balaban J connectivity index is 3.45. The fourth-order valence-electron chi connectivity index (χ4n) is 0. The number of hydrogen-bond acceptors (Lipinski definition) is 0. The van der Waals surface area contributed by atoms with Crippen LogP contribution in [-0.2, 0) is 0 Å². The van der Waals surface area contributed by atoms with Gasteiger partial charge in [-0.25, -0.2) is 0 Å². The van der Waals surface area contributed by atoms with E-state index >= 15 is 0 Å². The highest BCUT2D eigenvalue weighted by atomic mass is 31.0. The molecule has 0 radical (unpaired) electrons. The van der Waals surface area contributed by atoms with Crippen molar-refractivity contribution in [2.24, 2.45) is 0 Å². The zero-order valence-corrected chi connectivity index (χ0v) is 4.27. The molecule has 0 amide bonds. The number of rotatable bonds is 1. The van der Waals surface area contributed by atoms with E-state index in [1.54, 1.807) is 0 Å². The van der Waals surface area contributed by atoms with Crippen LogP contribution in [0.4, 0.5) is 8.78 Å². The largest absolute Gasteiger partial charge is 0.276 e. The van der Waals surface area contributed by atoms with Crippen LogP contribution in [0, 0.1) is 0 Å². The molecule has 36 valence electrons. The van der Waals surface area contributed by atoms with Gasteiger partial charge in [0.1, 0.15) is 0 Å². The van der Waals surface area contributed by atoms with Gasteiger partial charge in [0.25, 0.3) is 5.66 Å². The maximum atomic E-state index is 11.3. The molecule has 0 nitrogen and oxygen atoms in total. The number of alkyl halides is 2. The van der Waals surface area contributed by atoms with Crippen LogP contribution in [0.25, 0.3) is 0 Å². The summed E-state index contributed by atoms with van der Waals surface area (Å²) in [5.74, 6) is 0. The quantitative estimate of drug-likeness (QED) is 0.355. The van der Waals surface area contributed by atoms with Gasteiger partial charge >= 0.3 is 0 Å². The van der Waals surface area contributed by atoms with E-state index in [9.17, 15) is 8.78 Å². The fourth-order valence-corrected chi connectivity index (χ4v) is 0. The molecule has 1 atom stereocenters. The minimum absolute atomic E-state index is 0.567. The zero-order chi connectivity index (χ0) is 5.21. The molecule has 0 heterocycles. The lowest BCUT2D eigenvalue weighted by Gasteiger charge is -1.97. The van der Waals surface area contributed by atoms with Gasteiger partial charge in [-0.15, -0.1) is 0 Å². The van der Waals surface area contributed by atoms with Gasteiger partial charge in [-0.2, -0.15) is 8.78 Å². The van der Waals surface area contributed by atoms with Crippen LogP contribution in [0.2, 0.25) is 0 Å². The van der Waals surface area contributed by atoms with E-state index in [0.717, 1.165) is 0 Å². The molecular formula is C3H5F2P. The van der Waals surface area contributed by atoms with Crippen LogP contribution in [-0.4, -0.2) is 5.66 Å². The third kappa shape index (κ3) is 4.03. The van der Waals surface area contributed by atoms with E-state index < -0.39 is 5.66 Å². The molecule has 0 aliphatic rings.